The minimum absolute atomic E-state index is 0.100. The van der Waals surface area contributed by atoms with E-state index in [0.29, 0.717) is 29.5 Å². The normalized spacial score (nSPS) is 16.1. The Balaban J connectivity index is 1.60. The van der Waals surface area contributed by atoms with Crippen LogP contribution in [-0.2, 0) is 12.8 Å². The molecule has 0 unspecified atom stereocenters. The van der Waals surface area contributed by atoms with Gasteiger partial charge in [-0.15, -0.1) is 0 Å². The van der Waals surface area contributed by atoms with Gasteiger partial charge in [-0.1, -0.05) is 35.9 Å². The summed E-state index contributed by atoms with van der Waals surface area (Å²) in [4.78, 5) is 22.8. The quantitative estimate of drug-likeness (QED) is 0.595. The van der Waals surface area contributed by atoms with Crippen molar-refractivity contribution in [3.63, 3.8) is 0 Å². The van der Waals surface area contributed by atoms with Gasteiger partial charge in [0.05, 0.1) is 17.3 Å². The van der Waals surface area contributed by atoms with Gasteiger partial charge in [-0.3, -0.25) is 0 Å². The summed E-state index contributed by atoms with van der Waals surface area (Å²) in [6.07, 6.45) is 4.36. The summed E-state index contributed by atoms with van der Waals surface area (Å²) < 4.78 is 13.1. The van der Waals surface area contributed by atoms with Gasteiger partial charge in [0.25, 0.3) is 0 Å². The molecule has 1 aromatic heterocycles. The fourth-order valence-electron chi connectivity index (χ4n) is 3.87. The number of aryl methyl sites for hydroxylation is 2. The molecule has 30 heavy (non-hydrogen) atoms. The Hall–Kier alpha value is -2.99. The number of hydrogen-bond donors (Lipinski definition) is 1. The van der Waals surface area contributed by atoms with E-state index in [1.807, 2.05) is 24.3 Å². The van der Waals surface area contributed by atoms with E-state index in [0.717, 1.165) is 30.5 Å². The van der Waals surface area contributed by atoms with Crippen LogP contribution < -0.4 is 4.90 Å². The minimum atomic E-state index is -1.05. The lowest BCUT2D eigenvalue weighted by Gasteiger charge is -2.25. The fraction of sp³-hybridized carbons (Fsp3) is 0.261. The highest BCUT2D eigenvalue weighted by atomic mass is 35.5. The second-order valence-electron chi connectivity index (χ2n) is 7.36. The molecule has 3 aromatic rings. The molecule has 0 spiro atoms. The lowest BCUT2D eigenvalue weighted by Crippen LogP contribution is -2.25. The molecular weight excluding hydrogens is 405 g/mol. The largest absolute Gasteiger partial charge is 0.478 e. The number of benzene rings is 2. The predicted molar refractivity (Wildman–Crippen MR) is 114 cm³/mol. The molecule has 1 aliphatic heterocycles. The smallest absolute Gasteiger partial charge is 0.339 e. The van der Waals surface area contributed by atoms with Gasteiger partial charge in [-0.05, 0) is 61.1 Å². The maximum atomic E-state index is 13.1. The van der Waals surface area contributed by atoms with E-state index in [9.17, 15) is 14.3 Å². The Kier molecular flexibility index (Phi) is 5.95. The lowest BCUT2D eigenvalue weighted by atomic mass is 10.0. The number of carboxylic acid groups (broad SMARTS) is 1. The van der Waals surface area contributed by atoms with Crippen LogP contribution >= 0.6 is 11.6 Å². The fourth-order valence-corrected chi connectivity index (χ4v) is 3.99. The maximum Gasteiger partial charge on any atom is 0.339 e. The van der Waals surface area contributed by atoms with Gasteiger partial charge in [0.2, 0.25) is 5.95 Å². The molecule has 0 amide bonds. The predicted octanol–water partition coefficient (Wildman–Crippen LogP) is 5.09. The van der Waals surface area contributed by atoms with Crippen molar-refractivity contribution >= 4 is 23.5 Å². The van der Waals surface area contributed by atoms with E-state index in [2.05, 4.69) is 14.9 Å². The first kappa shape index (κ1) is 20.3. The number of rotatable bonds is 6. The Morgan fingerprint density at radius 1 is 1.13 bits per heavy atom. The van der Waals surface area contributed by atoms with Gasteiger partial charge >= 0.3 is 5.97 Å². The zero-order valence-electron chi connectivity index (χ0n) is 16.3. The van der Waals surface area contributed by atoms with Crippen LogP contribution in [0.25, 0.3) is 0 Å². The van der Waals surface area contributed by atoms with Crippen LogP contribution in [0, 0.1) is 5.82 Å². The third-order valence-corrected chi connectivity index (χ3v) is 5.67. The van der Waals surface area contributed by atoms with Gasteiger partial charge in [0.1, 0.15) is 5.82 Å². The molecule has 7 heteroatoms. The van der Waals surface area contributed by atoms with Gasteiger partial charge in [-0.2, -0.15) is 0 Å². The van der Waals surface area contributed by atoms with Crippen LogP contribution in [0.2, 0.25) is 5.02 Å². The Morgan fingerprint density at radius 2 is 1.87 bits per heavy atom. The number of aromatic carboxylic acids is 1. The highest BCUT2D eigenvalue weighted by molar-refractivity contribution is 6.30. The Bertz CT molecular complexity index is 1040. The number of carboxylic acids is 1. The van der Waals surface area contributed by atoms with Gasteiger partial charge < -0.3 is 10.0 Å². The molecule has 2 aromatic carbocycles. The molecule has 2 heterocycles. The molecule has 1 N–H and O–H groups in total. The van der Waals surface area contributed by atoms with E-state index < -0.39 is 5.97 Å². The number of anilines is 1. The first-order valence-electron chi connectivity index (χ1n) is 9.87. The van der Waals surface area contributed by atoms with Crippen LogP contribution in [0.1, 0.15) is 46.1 Å². The third kappa shape index (κ3) is 4.44. The molecule has 0 saturated carbocycles. The molecule has 0 bridgehead atoms. The monoisotopic (exact) mass is 425 g/mol. The van der Waals surface area contributed by atoms with Gasteiger partial charge in [-0.25, -0.2) is 19.2 Å². The van der Waals surface area contributed by atoms with Crippen molar-refractivity contribution in [1.82, 2.24) is 9.97 Å². The van der Waals surface area contributed by atoms with E-state index in [4.69, 9.17) is 11.6 Å². The zero-order chi connectivity index (χ0) is 21.1. The number of hydrogen-bond acceptors (Lipinski definition) is 4. The molecule has 1 fully saturated rings. The molecule has 1 saturated heterocycles. The minimum Gasteiger partial charge on any atom is -0.478 e. The average molecular weight is 426 g/mol. The standard InChI is InChI=1S/C23H21ClFN3O2/c24-17-8-6-16(7-9-17)21-2-1-13-28(21)23-26-14-19(22(29)30)20(27-23)12-5-15-3-10-18(25)11-4-15/h3-4,6-11,14,21H,1-2,5,12-13H2,(H,29,30)/t21-/m0/s1. The Morgan fingerprint density at radius 3 is 2.57 bits per heavy atom. The van der Waals surface area contributed by atoms with E-state index >= 15 is 0 Å². The van der Waals surface area contributed by atoms with Crippen molar-refractivity contribution in [1.29, 1.82) is 0 Å². The van der Waals surface area contributed by atoms with Gasteiger partial charge in [0, 0.05) is 17.8 Å². The van der Waals surface area contributed by atoms with Crippen molar-refractivity contribution in [3.05, 3.63) is 88.0 Å². The first-order chi connectivity index (χ1) is 14.5. The van der Waals surface area contributed by atoms with Crippen LogP contribution in [0.5, 0.6) is 0 Å². The molecule has 4 rings (SSSR count). The molecule has 0 radical (unpaired) electrons. The highest BCUT2D eigenvalue weighted by Crippen LogP contribution is 2.35. The van der Waals surface area contributed by atoms with Crippen molar-refractivity contribution in [2.24, 2.45) is 0 Å². The number of aromatic nitrogens is 2. The van der Waals surface area contributed by atoms with Crippen molar-refractivity contribution in [2.75, 3.05) is 11.4 Å². The summed E-state index contributed by atoms with van der Waals surface area (Å²) in [5.41, 5.74) is 2.64. The first-order valence-corrected chi connectivity index (χ1v) is 10.2. The SMILES string of the molecule is O=C(O)c1cnc(N2CCC[C@H]2c2ccc(Cl)cc2)nc1CCc1ccc(F)cc1. The molecule has 0 aliphatic carbocycles. The topological polar surface area (TPSA) is 66.3 Å². The average Bonchev–Trinajstić information content (AvgIpc) is 3.23. The number of carbonyl (C=O) groups is 1. The molecule has 154 valence electrons. The second-order valence-corrected chi connectivity index (χ2v) is 7.80. The van der Waals surface area contributed by atoms with Crippen molar-refractivity contribution < 1.29 is 14.3 Å². The molecule has 5 nitrogen and oxygen atoms in total. The maximum absolute atomic E-state index is 13.1. The van der Waals surface area contributed by atoms with Crippen LogP contribution in [0.15, 0.2) is 54.7 Å². The summed E-state index contributed by atoms with van der Waals surface area (Å²) >= 11 is 6.02. The molecule has 1 atom stereocenters. The number of nitrogens with zero attached hydrogens (tertiary/aromatic N) is 3. The van der Waals surface area contributed by atoms with Crippen molar-refractivity contribution in [2.45, 2.75) is 31.7 Å². The van der Waals surface area contributed by atoms with E-state index in [-0.39, 0.29) is 17.4 Å². The lowest BCUT2D eigenvalue weighted by molar-refractivity contribution is 0.0694. The Labute approximate surface area is 179 Å². The highest BCUT2D eigenvalue weighted by Gasteiger charge is 2.29. The zero-order valence-corrected chi connectivity index (χ0v) is 17.0. The van der Waals surface area contributed by atoms with Crippen LogP contribution in [0.4, 0.5) is 10.3 Å². The van der Waals surface area contributed by atoms with E-state index in [1.165, 1.54) is 18.3 Å². The van der Waals surface area contributed by atoms with Crippen LogP contribution in [-0.4, -0.2) is 27.6 Å². The third-order valence-electron chi connectivity index (χ3n) is 5.41. The summed E-state index contributed by atoms with van der Waals surface area (Å²) in [6.45, 7) is 0.803. The van der Waals surface area contributed by atoms with Crippen molar-refractivity contribution in [3.8, 4) is 0 Å². The van der Waals surface area contributed by atoms with Crippen LogP contribution in [0.3, 0.4) is 0 Å². The molecular formula is C23H21ClFN3O2. The van der Waals surface area contributed by atoms with E-state index in [1.54, 1.807) is 12.1 Å². The number of halogens is 2. The molecule has 1 aliphatic rings. The second kappa shape index (κ2) is 8.79. The summed E-state index contributed by atoms with van der Waals surface area (Å²) in [5.74, 6) is -0.811. The summed E-state index contributed by atoms with van der Waals surface area (Å²) in [6, 6.07) is 14.1. The summed E-state index contributed by atoms with van der Waals surface area (Å²) in [7, 11) is 0. The summed E-state index contributed by atoms with van der Waals surface area (Å²) in [5, 5.41) is 10.2. The van der Waals surface area contributed by atoms with Gasteiger partial charge in [0.15, 0.2) is 0 Å².